The van der Waals surface area contributed by atoms with E-state index in [1.54, 1.807) is 16.8 Å². The van der Waals surface area contributed by atoms with E-state index in [2.05, 4.69) is 28.4 Å². The average Bonchev–Trinajstić information content (AvgIpc) is 3.59. The van der Waals surface area contributed by atoms with Crippen LogP contribution in [0.5, 0.6) is 0 Å². The number of nitrogens with zero attached hydrogens (tertiary/aromatic N) is 4. The largest absolute Gasteiger partial charge is 0.515 e. The van der Waals surface area contributed by atoms with Crippen LogP contribution in [-0.4, -0.2) is 30.9 Å². The van der Waals surface area contributed by atoms with Gasteiger partial charge in [0.1, 0.15) is 0 Å². The van der Waals surface area contributed by atoms with E-state index in [9.17, 15) is 9.90 Å². The first kappa shape index (κ1) is 22.1. The molecule has 1 saturated carbocycles. The van der Waals surface area contributed by atoms with Gasteiger partial charge < -0.3 is 5.11 Å². The summed E-state index contributed by atoms with van der Waals surface area (Å²) in [6, 6.07) is 19.7. The molecule has 0 unspecified atom stereocenters. The molecule has 7 heteroatoms. The number of nitrogens with one attached hydrogen (secondary N) is 1. The van der Waals surface area contributed by atoms with Crippen LogP contribution in [0.15, 0.2) is 78.8 Å². The molecule has 0 aliphatic heterocycles. The van der Waals surface area contributed by atoms with Gasteiger partial charge in [-0.1, -0.05) is 37.3 Å². The molecule has 36 heavy (non-hydrogen) atoms. The molecule has 2 heterocycles. The average molecular weight is 476 g/mol. The first-order valence-corrected chi connectivity index (χ1v) is 12.1. The Labute approximate surface area is 208 Å². The number of Topliss-reactive ketones (excluding diaryl/α,β-unsaturated/α-hetero) is 1. The number of aliphatic hydroxyl groups is 1. The van der Waals surface area contributed by atoms with E-state index in [4.69, 9.17) is 10.4 Å². The van der Waals surface area contributed by atoms with Crippen molar-refractivity contribution in [3.05, 3.63) is 101 Å². The van der Waals surface area contributed by atoms with Gasteiger partial charge in [0.2, 0.25) is 0 Å². The number of rotatable bonds is 3. The number of carbonyl (C=O) groups is 1. The van der Waals surface area contributed by atoms with Gasteiger partial charge in [-0.15, -0.1) is 0 Å². The Morgan fingerprint density at radius 1 is 1.19 bits per heavy atom. The smallest absolute Gasteiger partial charge is 0.165 e. The molecule has 2 aromatic heterocycles. The molecule has 0 spiro atoms. The highest BCUT2D eigenvalue weighted by Gasteiger charge is 2.55. The fraction of sp³-hybridized carbons (Fsp3) is 0.241. The molecule has 2 aliphatic rings. The van der Waals surface area contributed by atoms with Crippen LogP contribution in [0.3, 0.4) is 0 Å². The van der Waals surface area contributed by atoms with E-state index in [1.807, 2.05) is 49.6 Å². The molecule has 7 nitrogen and oxygen atoms in total. The monoisotopic (exact) mass is 475 g/mol. The van der Waals surface area contributed by atoms with Crippen molar-refractivity contribution < 1.29 is 9.90 Å². The van der Waals surface area contributed by atoms with Gasteiger partial charge in [-0.2, -0.15) is 15.5 Å². The number of allylic oxidation sites excluding steroid dienone is 1. The predicted molar refractivity (Wildman–Crippen MR) is 134 cm³/mol. The third-order valence-electron chi connectivity index (χ3n) is 8.02. The topological polar surface area (TPSA) is 108 Å². The quantitative estimate of drug-likeness (QED) is 0.319. The molecular formula is C29H25N5O2. The molecule has 2 N–H and O–H groups in total. The summed E-state index contributed by atoms with van der Waals surface area (Å²) >= 11 is 0. The van der Waals surface area contributed by atoms with E-state index in [1.165, 1.54) is 0 Å². The SMILES string of the molecule is C[C@@H]1C(=O)C(=CO)C[C@]2(c3ccccc3)c3[nH]nc(-c4cnn(-c5ccc(C#N)cc5)c4)c3CC[C@@H]12. The van der Waals surface area contributed by atoms with Crippen molar-refractivity contribution >= 4 is 5.78 Å². The molecule has 0 radical (unpaired) electrons. The van der Waals surface area contributed by atoms with E-state index in [-0.39, 0.29) is 17.6 Å². The number of hydrogen-bond donors (Lipinski definition) is 2. The van der Waals surface area contributed by atoms with E-state index >= 15 is 0 Å². The summed E-state index contributed by atoms with van der Waals surface area (Å²) in [6.45, 7) is 1.98. The molecular weight excluding hydrogens is 450 g/mol. The number of fused-ring (bicyclic) bond motifs is 3. The van der Waals surface area contributed by atoms with Crippen molar-refractivity contribution in [2.75, 3.05) is 0 Å². The highest BCUT2D eigenvalue weighted by Crippen LogP contribution is 2.56. The summed E-state index contributed by atoms with van der Waals surface area (Å²) < 4.78 is 1.78. The first-order valence-electron chi connectivity index (χ1n) is 12.1. The van der Waals surface area contributed by atoms with Crippen LogP contribution in [0.2, 0.25) is 0 Å². The molecule has 1 fully saturated rings. The zero-order chi connectivity index (χ0) is 24.9. The minimum atomic E-state index is -0.481. The van der Waals surface area contributed by atoms with Crippen LogP contribution in [-0.2, 0) is 16.6 Å². The van der Waals surface area contributed by atoms with Crippen LogP contribution in [0, 0.1) is 23.2 Å². The highest BCUT2D eigenvalue weighted by atomic mass is 16.2. The lowest BCUT2D eigenvalue weighted by atomic mass is 9.52. The number of aliphatic hydroxyl groups excluding tert-OH is 1. The number of H-pyrrole nitrogens is 1. The first-order chi connectivity index (χ1) is 17.6. The lowest BCUT2D eigenvalue weighted by Gasteiger charge is -2.50. The summed E-state index contributed by atoms with van der Waals surface area (Å²) in [5, 5.41) is 31.7. The van der Waals surface area contributed by atoms with Crippen LogP contribution in [0.25, 0.3) is 16.9 Å². The minimum absolute atomic E-state index is 0.0286. The van der Waals surface area contributed by atoms with Crippen molar-refractivity contribution in [1.82, 2.24) is 20.0 Å². The number of carbonyl (C=O) groups excluding carboxylic acids is 1. The number of aromatic nitrogens is 4. The zero-order valence-corrected chi connectivity index (χ0v) is 19.8. The van der Waals surface area contributed by atoms with Crippen molar-refractivity contribution in [3.8, 4) is 23.0 Å². The Hall–Kier alpha value is -4.44. The maximum Gasteiger partial charge on any atom is 0.165 e. The summed E-state index contributed by atoms with van der Waals surface area (Å²) in [6.07, 6.45) is 6.84. The zero-order valence-electron chi connectivity index (χ0n) is 19.8. The Morgan fingerprint density at radius 3 is 2.69 bits per heavy atom. The number of ketones is 1. The Bertz CT molecular complexity index is 1520. The molecule has 6 rings (SSSR count). The molecule has 0 bridgehead atoms. The second-order valence-corrected chi connectivity index (χ2v) is 9.72. The third kappa shape index (κ3) is 3.14. The Morgan fingerprint density at radius 2 is 1.97 bits per heavy atom. The van der Waals surface area contributed by atoms with Gasteiger partial charge in [-0.25, -0.2) is 4.68 Å². The number of benzene rings is 2. The maximum absolute atomic E-state index is 13.0. The second-order valence-electron chi connectivity index (χ2n) is 9.72. The lowest BCUT2D eigenvalue weighted by molar-refractivity contribution is -0.123. The lowest BCUT2D eigenvalue weighted by Crippen LogP contribution is -2.50. The van der Waals surface area contributed by atoms with Gasteiger partial charge in [0, 0.05) is 34.2 Å². The summed E-state index contributed by atoms with van der Waals surface area (Å²) in [5.41, 5.74) is 6.48. The Kier molecular flexibility index (Phi) is 5.11. The molecule has 4 aromatic rings. The summed E-state index contributed by atoms with van der Waals surface area (Å²) in [5.74, 6) is -0.0874. The molecule has 3 atom stereocenters. The fourth-order valence-corrected chi connectivity index (χ4v) is 6.29. The number of hydrogen-bond acceptors (Lipinski definition) is 5. The van der Waals surface area contributed by atoms with Crippen molar-refractivity contribution in [1.29, 1.82) is 5.26 Å². The summed E-state index contributed by atoms with van der Waals surface area (Å²) in [7, 11) is 0. The van der Waals surface area contributed by atoms with Crippen LogP contribution in [0.4, 0.5) is 0 Å². The van der Waals surface area contributed by atoms with E-state index < -0.39 is 5.41 Å². The normalized spacial score (nSPS) is 24.2. The van der Waals surface area contributed by atoms with Gasteiger partial charge in [0.05, 0.1) is 41.2 Å². The Balaban J connectivity index is 1.47. The van der Waals surface area contributed by atoms with Crippen molar-refractivity contribution in [2.24, 2.45) is 11.8 Å². The van der Waals surface area contributed by atoms with Crippen molar-refractivity contribution in [3.63, 3.8) is 0 Å². The summed E-state index contributed by atoms with van der Waals surface area (Å²) in [4.78, 5) is 13.0. The standard InChI is InChI=1S/C29H25N5O2/c1-18-25-12-11-24-26(21-15-31-34(16-21)23-9-7-19(14-30)8-10-23)32-33-28(24)29(25,13-20(17-35)27(18)36)22-5-3-2-4-6-22/h2-10,15-18,25,35H,11-13H2,1H3,(H,32,33)/t18-,25-,29+/m0/s1. The van der Waals surface area contributed by atoms with Gasteiger partial charge in [-0.3, -0.25) is 9.89 Å². The highest BCUT2D eigenvalue weighted by molar-refractivity contribution is 5.98. The third-order valence-corrected chi connectivity index (χ3v) is 8.02. The van der Waals surface area contributed by atoms with Gasteiger partial charge >= 0.3 is 0 Å². The van der Waals surface area contributed by atoms with Crippen LogP contribution in [0.1, 0.15) is 42.1 Å². The van der Waals surface area contributed by atoms with Gasteiger partial charge in [0.25, 0.3) is 0 Å². The van der Waals surface area contributed by atoms with E-state index in [0.717, 1.165) is 52.9 Å². The number of aromatic amines is 1. The predicted octanol–water partition coefficient (Wildman–Crippen LogP) is 5.03. The molecule has 0 amide bonds. The van der Waals surface area contributed by atoms with E-state index in [0.29, 0.717) is 17.6 Å². The van der Waals surface area contributed by atoms with Crippen LogP contribution >= 0.6 is 0 Å². The minimum Gasteiger partial charge on any atom is -0.515 e. The van der Waals surface area contributed by atoms with Crippen LogP contribution < -0.4 is 0 Å². The fourth-order valence-electron chi connectivity index (χ4n) is 6.29. The van der Waals surface area contributed by atoms with Gasteiger partial charge in [-0.05, 0) is 55.0 Å². The van der Waals surface area contributed by atoms with Gasteiger partial charge in [0.15, 0.2) is 5.78 Å². The number of nitriles is 1. The maximum atomic E-state index is 13.0. The molecule has 2 aromatic carbocycles. The molecule has 178 valence electrons. The molecule has 2 aliphatic carbocycles. The molecule has 0 saturated heterocycles. The van der Waals surface area contributed by atoms with Crippen molar-refractivity contribution in [2.45, 2.75) is 31.6 Å². The second kappa shape index (κ2) is 8.35.